The van der Waals surface area contributed by atoms with E-state index < -0.39 is 0 Å². The van der Waals surface area contributed by atoms with Gasteiger partial charge in [-0.2, -0.15) is 0 Å². The lowest BCUT2D eigenvalue weighted by Gasteiger charge is -2.12. The molecule has 0 spiro atoms. The zero-order valence-corrected chi connectivity index (χ0v) is 20.0. The number of hydrogen-bond acceptors (Lipinski definition) is 6. The second kappa shape index (κ2) is 8.98. The average molecular weight is 495 g/mol. The first-order valence-electron chi connectivity index (χ1n) is 11.0. The Kier molecular flexibility index (Phi) is 5.52. The molecule has 3 heterocycles. The summed E-state index contributed by atoms with van der Waals surface area (Å²) in [6.45, 7) is 0. The topological polar surface area (TPSA) is 80.6 Å². The van der Waals surface area contributed by atoms with E-state index in [0.717, 1.165) is 16.1 Å². The van der Waals surface area contributed by atoms with Gasteiger partial charge in [-0.25, -0.2) is 9.97 Å². The van der Waals surface area contributed by atoms with Crippen molar-refractivity contribution in [1.82, 2.24) is 19.5 Å². The molecule has 3 aromatic heterocycles. The Bertz CT molecular complexity index is 1790. The van der Waals surface area contributed by atoms with Crippen molar-refractivity contribution >= 4 is 44.2 Å². The number of thioether (sulfide) groups is 1. The van der Waals surface area contributed by atoms with Crippen LogP contribution in [-0.2, 0) is 5.75 Å². The molecule has 8 heteroatoms. The minimum Gasteiger partial charge on any atom is -0.309 e. The second-order valence-corrected chi connectivity index (χ2v) is 9.86. The molecule has 1 N–H and O–H groups in total. The van der Waals surface area contributed by atoms with Crippen LogP contribution in [0, 0.1) is 0 Å². The number of para-hydroxylation sites is 2. The molecule has 0 aliphatic heterocycles. The summed E-state index contributed by atoms with van der Waals surface area (Å²) in [5.41, 5.74) is 2.12. The number of thiophene rings is 1. The summed E-state index contributed by atoms with van der Waals surface area (Å²) in [6.07, 6.45) is 0. The van der Waals surface area contributed by atoms with Gasteiger partial charge in [0, 0.05) is 4.88 Å². The Morgan fingerprint density at radius 1 is 0.829 bits per heavy atom. The maximum Gasteiger partial charge on any atom is 0.267 e. The Labute approximate surface area is 208 Å². The fraction of sp³-hybridized carbons (Fsp3) is 0.0370. The van der Waals surface area contributed by atoms with Crippen molar-refractivity contribution in [2.24, 2.45) is 0 Å². The van der Waals surface area contributed by atoms with Gasteiger partial charge in [-0.1, -0.05) is 72.4 Å². The van der Waals surface area contributed by atoms with Crippen molar-refractivity contribution in [1.29, 1.82) is 0 Å². The Balaban J connectivity index is 1.46. The number of aromatic amines is 1. The van der Waals surface area contributed by atoms with Gasteiger partial charge in [-0.05, 0) is 35.9 Å². The van der Waals surface area contributed by atoms with Crippen LogP contribution in [-0.4, -0.2) is 19.5 Å². The van der Waals surface area contributed by atoms with Gasteiger partial charge in [0.25, 0.3) is 11.1 Å². The molecule has 3 aromatic carbocycles. The molecular weight excluding hydrogens is 476 g/mol. The lowest BCUT2D eigenvalue weighted by Crippen LogP contribution is -2.21. The lowest BCUT2D eigenvalue weighted by molar-refractivity contribution is 0.821. The zero-order chi connectivity index (χ0) is 23.8. The summed E-state index contributed by atoms with van der Waals surface area (Å²) in [4.78, 5) is 40.2. The number of hydrogen-bond donors (Lipinski definition) is 1. The standard InChI is InChI=1S/C27H18N4O2S2/c32-24-19-13-7-8-14-21(19)28-23(29-24)16-34-27-30-25-20(15-22(35-25)17-9-3-1-4-10-17)26(33)31(27)18-11-5-2-6-12-18/h1-15H,16H2,(H,28,29,32). The quantitative estimate of drug-likeness (QED) is 0.248. The molecule has 0 bridgehead atoms. The van der Waals surface area contributed by atoms with E-state index in [-0.39, 0.29) is 11.1 Å². The van der Waals surface area contributed by atoms with Crippen LogP contribution >= 0.6 is 23.1 Å². The number of nitrogens with one attached hydrogen (secondary N) is 1. The predicted octanol–water partition coefficient (Wildman–Crippen LogP) is 5.64. The lowest BCUT2D eigenvalue weighted by atomic mass is 10.2. The molecule has 35 heavy (non-hydrogen) atoms. The average Bonchev–Trinajstić information content (AvgIpc) is 3.33. The van der Waals surface area contributed by atoms with Crippen molar-refractivity contribution < 1.29 is 0 Å². The molecule has 0 unspecified atom stereocenters. The van der Waals surface area contributed by atoms with Gasteiger partial charge in [-0.15, -0.1) is 11.3 Å². The zero-order valence-electron chi connectivity index (χ0n) is 18.3. The van der Waals surface area contributed by atoms with Crippen LogP contribution in [0.15, 0.2) is 106 Å². The van der Waals surface area contributed by atoms with Crippen molar-refractivity contribution in [2.45, 2.75) is 10.9 Å². The van der Waals surface area contributed by atoms with E-state index in [1.54, 1.807) is 10.6 Å². The highest BCUT2D eigenvalue weighted by atomic mass is 32.2. The van der Waals surface area contributed by atoms with E-state index in [2.05, 4.69) is 9.97 Å². The van der Waals surface area contributed by atoms with Gasteiger partial charge in [0.1, 0.15) is 10.7 Å². The smallest absolute Gasteiger partial charge is 0.267 e. The Morgan fingerprint density at radius 3 is 2.34 bits per heavy atom. The molecule has 0 aliphatic rings. The molecule has 6 aromatic rings. The van der Waals surface area contributed by atoms with Gasteiger partial charge in [0.15, 0.2) is 5.16 Å². The van der Waals surface area contributed by atoms with E-state index in [1.165, 1.54) is 23.1 Å². The van der Waals surface area contributed by atoms with E-state index in [9.17, 15) is 9.59 Å². The van der Waals surface area contributed by atoms with Gasteiger partial charge in [0.05, 0.1) is 27.7 Å². The van der Waals surface area contributed by atoms with Gasteiger partial charge in [0.2, 0.25) is 0 Å². The van der Waals surface area contributed by atoms with Gasteiger partial charge < -0.3 is 4.98 Å². The molecule has 0 atom stereocenters. The van der Waals surface area contributed by atoms with Crippen LogP contribution in [0.5, 0.6) is 0 Å². The summed E-state index contributed by atoms with van der Waals surface area (Å²) in [7, 11) is 0. The molecular formula is C27H18N4O2S2. The van der Waals surface area contributed by atoms with E-state index in [0.29, 0.717) is 37.9 Å². The van der Waals surface area contributed by atoms with Gasteiger partial charge in [-0.3, -0.25) is 14.2 Å². The van der Waals surface area contributed by atoms with Crippen LogP contribution in [0.2, 0.25) is 0 Å². The molecule has 0 radical (unpaired) electrons. The van der Waals surface area contributed by atoms with Crippen molar-refractivity contribution in [2.75, 3.05) is 0 Å². The number of rotatable bonds is 5. The van der Waals surface area contributed by atoms with E-state index in [4.69, 9.17) is 4.98 Å². The number of fused-ring (bicyclic) bond motifs is 2. The number of aromatic nitrogens is 4. The highest BCUT2D eigenvalue weighted by molar-refractivity contribution is 7.98. The minimum absolute atomic E-state index is 0.123. The van der Waals surface area contributed by atoms with E-state index in [1.807, 2.05) is 84.9 Å². The van der Waals surface area contributed by atoms with Crippen molar-refractivity contribution in [3.05, 3.63) is 118 Å². The Morgan fingerprint density at radius 2 is 1.54 bits per heavy atom. The minimum atomic E-state index is -0.180. The summed E-state index contributed by atoms with van der Waals surface area (Å²) < 4.78 is 1.63. The first kappa shape index (κ1) is 21.5. The highest BCUT2D eigenvalue weighted by Crippen LogP contribution is 2.33. The predicted molar refractivity (Wildman–Crippen MR) is 143 cm³/mol. The third kappa shape index (κ3) is 4.07. The third-order valence-electron chi connectivity index (χ3n) is 5.61. The van der Waals surface area contributed by atoms with Crippen LogP contribution < -0.4 is 11.1 Å². The van der Waals surface area contributed by atoms with Crippen LogP contribution in [0.1, 0.15) is 5.82 Å². The molecule has 6 rings (SSSR count). The highest BCUT2D eigenvalue weighted by Gasteiger charge is 2.17. The summed E-state index contributed by atoms with van der Waals surface area (Å²) >= 11 is 2.87. The molecule has 0 saturated heterocycles. The fourth-order valence-electron chi connectivity index (χ4n) is 3.94. The number of benzene rings is 3. The molecule has 0 fully saturated rings. The normalized spacial score (nSPS) is 11.3. The first-order chi connectivity index (χ1) is 17.2. The molecule has 0 saturated carbocycles. The summed E-state index contributed by atoms with van der Waals surface area (Å²) in [5.74, 6) is 0.894. The van der Waals surface area contributed by atoms with E-state index >= 15 is 0 Å². The SMILES string of the molecule is O=c1[nH]c(CSc2nc3sc(-c4ccccc4)cc3c(=O)n2-c2ccccc2)nc2ccccc12. The first-order valence-corrected chi connectivity index (χ1v) is 12.8. The van der Waals surface area contributed by atoms with Crippen molar-refractivity contribution in [3.63, 3.8) is 0 Å². The summed E-state index contributed by atoms with van der Waals surface area (Å²) in [6, 6.07) is 28.6. The maximum absolute atomic E-state index is 13.7. The Hall–Kier alpha value is -4.01. The van der Waals surface area contributed by atoms with Crippen molar-refractivity contribution in [3.8, 4) is 16.1 Å². The number of nitrogens with zero attached hydrogens (tertiary/aromatic N) is 3. The van der Waals surface area contributed by atoms with Gasteiger partial charge >= 0.3 is 0 Å². The maximum atomic E-state index is 13.7. The molecule has 170 valence electrons. The molecule has 0 aliphatic carbocycles. The summed E-state index contributed by atoms with van der Waals surface area (Å²) in [5, 5.41) is 1.68. The monoisotopic (exact) mass is 494 g/mol. The molecule has 0 amide bonds. The second-order valence-electron chi connectivity index (χ2n) is 7.88. The van der Waals surface area contributed by atoms with Crippen LogP contribution in [0.25, 0.3) is 37.2 Å². The molecule has 6 nitrogen and oxygen atoms in total. The van der Waals surface area contributed by atoms with Crippen LogP contribution in [0.4, 0.5) is 0 Å². The fourth-order valence-corrected chi connectivity index (χ4v) is 5.91. The number of H-pyrrole nitrogens is 1. The largest absolute Gasteiger partial charge is 0.309 e. The van der Waals surface area contributed by atoms with Crippen LogP contribution in [0.3, 0.4) is 0 Å². The third-order valence-corrected chi connectivity index (χ3v) is 7.63.